The highest BCUT2D eigenvalue weighted by molar-refractivity contribution is 8.02. The monoisotopic (exact) mass is 392 g/mol. The van der Waals surface area contributed by atoms with Gasteiger partial charge < -0.3 is 15.4 Å². The van der Waals surface area contributed by atoms with E-state index >= 15 is 0 Å². The molecule has 0 aliphatic carbocycles. The number of nitrogens with zero attached hydrogens (tertiary/aromatic N) is 2. The first-order chi connectivity index (χ1) is 11.8. The van der Waals surface area contributed by atoms with Crippen LogP contribution in [0.5, 0.6) is 5.75 Å². The van der Waals surface area contributed by atoms with Crippen LogP contribution in [0.4, 0.5) is 24.0 Å². The highest BCUT2D eigenvalue weighted by Gasteiger charge is 2.31. The number of anilines is 2. The highest BCUT2D eigenvalue weighted by atomic mass is 32.2. The maximum absolute atomic E-state index is 12.2. The van der Waals surface area contributed by atoms with Gasteiger partial charge in [-0.3, -0.25) is 4.79 Å². The summed E-state index contributed by atoms with van der Waals surface area (Å²) in [5, 5.41) is 13.8. The molecule has 1 aromatic heterocycles. The number of nitrogens with one attached hydrogen (secondary N) is 2. The minimum Gasteiger partial charge on any atom is -0.406 e. The summed E-state index contributed by atoms with van der Waals surface area (Å²) < 4.78 is 40.7. The Bertz CT molecular complexity index is 707. The molecular weight excluding hydrogens is 377 g/mol. The zero-order valence-corrected chi connectivity index (χ0v) is 14.9. The first kappa shape index (κ1) is 19.3. The van der Waals surface area contributed by atoms with Crippen LogP contribution >= 0.6 is 23.1 Å². The van der Waals surface area contributed by atoms with Crippen molar-refractivity contribution in [2.75, 3.05) is 17.2 Å². The van der Waals surface area contributed by atoms with E-state index in [0.29, 0.717) is 15.2 Å². The van der Waals surface area contributed by atoms with E-state index in [0.717, 1.165) is 18.7 Å². The number of thioether (sulfide) groups is 1. The van der Waals surface area contributed by atoms with Gasteiger partial charge in [0.1, 0.15) is 5.75 Å². The zero-order chi connectivity index (χ0) is 18.4. The molecule has 1 heterocycles. The molecule has 2 rings (SSSR count). The van der Waals surface area contributed by atoms with E-state index in [4.69, 9.17) is 0 Å². The molecule has 136 valence electrons. The van der Waals surface area contributed by atoms with Crippen LogP contribution in [0.2, 0.25) is 0 Å². The fourth-order valence-electron chi connectivity index (χ4n) is 1.67. The number of ether oxygens (including phenoxy) is 1. The molecule has 0 bridgehead atoms. The summed E-state index contributed by atoms with van der Waals surface area (Å²) in [4.78, 5) is 12.2. The molecule has 0 spiro atoms. The van der Waals surface area contributed by atoms with Crippen molar-refractivity contribution in [2.45, 2.75) is 29.8 Å². The summed E-state index contributed by atoms with van der Waals surface area (Å²) >= 11 is 2.59. The summed E-state index contributed by atoms with van der Waals surface area (Å²) in [7, 11) is 0. The minimum atomic E-state index is -4.75. The summed E-state index contributed by atoms with van der Waals surface area (Å²) in [5.41, 5.74) is 0.373. The Kier molecular flexibility index (Phi) is 6.48. The second kappa shape index (κ2) is 8.39. The molecular formula is C14H15F3N4O2S2. The van der Waals surface area contributed by atoms with Crippen LogP contribution in [0.3, 0.4) is 0 Å². The maximum Gasteiger partial charge on any atom is 0.573 e. The van der Waals surface area contributed by atoms with E-state index in [1.54, 1.807) is 6.92 Å². The van der Waals surface area contributed by atoms with Gasteiger partial charge in [-0.25, -0.2) is 0 Å². The van der Waals surface area contributed by atoms with Crippen LogP contribution < -0.4 is 15.4 Å². The third kappa shape index (κ3) is 6.42. The van der Waals surface area contributed by atoms with Crippen molar-refractivity contribution >= 4 is 39.8 Å². The lowest BCUT2D eigenvalue weighted by atomic mass is 10.3. The predicted molar refractivity (Wildman–Crippen MR) is 91.1 cm³/mol. The first-order valence-electron chi connectivity index (χ1n) is 7.17. The quantitative estimate of drug-likeness (QED) is 0.694. The van der Waals surface area contributed by atoms with Crippen LogP contribution in [0.25, 0.3) is 0 Å². The number of benzene rings is 1. The number of aromatic nitrogens is 2. The van der Waals surface area contributed by atoms with Gasteiger partial charge >= 0.3 is 6.36 Å². The first-order valence-corrected chi connectivity index (χ1v) is 8.87. The lowest BCUT2D eigenvalue weighted by Gasteiger charge is -2.12. The van der Waals surface area contributed by atoms with Gasteiger partial charge in [0.15, 0.2) is 4.34 Å². The molecule has 0 fully saturated rings. The molecule has 1 aromatic carbocycles. The Labute approximate surface area is 150 Å². The average Bonchev–Trinajstić information content (AvgIpc) is 2.95. The van der Waals surface area contributed by atoms with Crippen LogP contribution in [-0.2, 0) is 4.79 Å². The van der Waals surface area contributed by atoms with Gasteiger partial charge in [-0.2, -0.15) is 0 Å². The smallest absolute Gasteiger partial charge is 0.406 e. The molecule has 11 heteroatoms. The summed E-state index contributed by atoms with van der Waals surface area (Å²) in [6.45, 7) is 4.37. The van der Waals surface area contributed by atoms with Crippen LogP contribution in [0, 0.1) is 0 Å². The molecule has 6 nitrogen and oxygen atoms in total. The maximum atomic E-state index is 12.2. The normalized spacial score (nSPS) is 12.5. The summed E-state index contributed by atoms with van der Waals surface area (Å²) in [5.74, 6) is -0.646. The van der Waals surface area contributed by atoms with Crippen molar-refractivity contribution in [1.82, 2.24) is 10.2 Å². The number of rotatable bonds is 7. The average molecular weight is 392 g/mol. The summed E-state index contributed by atoms with van der Waals surface area (Å²) in [6.07, 6.45) is -4.75. The largest absolute Gasteiger partial charge is 0.573 e. The van der Waals surface area contributed by atoms with E-state index in [1.807, 2.05) is 6.92 Å². The Balaban J connectivity index is 1.89. The number of carbonyl (C=O) groups excluding carboxylic acids is 1. The van der Waals surface area contributed by atoms with Crippen LogP contribution in [0.1, 0.15) is 13.8 Å². The van der Waals surface area contributed by atoms with Gasteiger partial charge in [0.2, 0.25) is 11.0 Å². The summed E-state index contributed by atoms with van der Waals surface area (Å²) in [6, 6.07) is 4.94. The lowest BCUT2D eigenvalue weighted by molar-refractivity contribution is -0.274. The number of hydrogen-bond donors (Lipinski definition) is 2. The van der Waals surface area contributed by atoms with E-state index < -0.39 is 11.6 Å². The number of amides is 1. The van der Waals surface area contributed by atoms with Crippen molar-refractivity contribution in [1.29, 1.82) is 0 Å². The molecule has 2 aromatic rings. The second-order valence-electron chi connectivity index (χ2n) is 4.72. The van der Waals surface area contributed by atoms with E-state index in [-0.39, 0.29) is 11.7 Å². The van der Waals surface area contributed by atoms with Crippen molar-refractivity contribution in [2.24, 2.45) is 0 Å². The zero-order valence-electron chi connectivity index (χ0n) is 13.3. The second-order valence-corrected chi connectivity index (χ2v) is 7.29. The molecule has 0 saturated carbocycles. The number of hydrogen-bond acceptors (Lipinski definition) is 7. The lowest BCUT2D eigenvalue weighted by Crippen LogP contribution is -2.22. The molecule has 1 amide bonds. The van der Waals surface area contributed by atoms with Crippen molar-refractivity contribution in [3.63, 3.8) is 0 Å². The number of halogens is 3. The van der Waals surface area contributed by atoms with Crippen LogP contribution in [0.15, 0.2) is 28.6 Å². The Hall–Kier alpha value is -2.01. The van der Waals surface area contributed by atoms with Gasteiger partial charge in [0.05, 0.1) is 5.25 Å². The minimum absolute atomic E-state index is 0.297. The highest BCUT2D eigenvalue weighted by Crippen LogP contribution is 2.29. The molecule has 0 radical (unpaired) electrons. The number of alkyl halides is 3. The van der Waals surface area contributed by atoms with E-state index in [9.17, 15) is 18.0 Å². The molecule has 1 atom stereocenters. The van der Waals surface area contributed by atoms with Crippen molar-refractivity contribution in [3.8, 4) is 5.75 Å². The third-order valence-corrected chi connectivity index (χ3v) is 4.80. The predicted octanol–water partition coefficient (Wildman–Crippen LogP) is 3.99. The van der Waals surface area contributed by atoms with Gasteiger partial charge in [-0.15, -0.1) is 23.4 Å². The fraction of sp³-hybridized carbons (Fsp3) is 0.357. The van der Waals surface area contributed by atoms with Gasteiger partial charge in [0.25, 0.3) is 0 Å². The van der Waals surface area contributed by atoms with Crippen molar-refractivity contribution < 1.29 is 22.7 Å². The Morgan fingerprint density at radius 3 is 2.60 bits per heavy atom. The van der Waals surface area contributed by atoms with Gasteiger partial charge in [0, 0.05) is 12.2 Å². The molecule has 0 aliphatic heterocycles. The topological polar surface area (TPSA) is 76.1 Å². The molecule has 0 unspecified atom stereocenters. The Morgan fingerprint density at radius 2 is 2.00 bits per heavy atom. The molecule has 0 saturated heterocycles. The fourth-order valence-corrected chi connectivity index (χ4v) is 3.63. The standard InChI is InChI=1S/C14H15F3N4O2S2/c1-3-18-12-20-21-13(25-12)24-8(2)11(22)19-9-4-6-10(7-5-9)23-14(15,16)17/h4-8H,3H2,1-2H3,(H,18,20)(H,19,22)/t8-/m1/s1. The van der Waals surface area contributed by atoms with Gasteiger partial charge in [-0.1, -0.05) is 23.1 Å². The van der Waals surface area contributed by atoms with Crippen molar-refractivity contribution in [3.05, 3.63) is 24.3 Å². The molecule has 2 N–H and O–H groups in total. The number of carbonyl (C=O) groups is 1. The molecule has 25 heavy (non-hydrogen) atoms. The van der Waals surface area contributed by atoms with Crippen LogP contribution in [-0.4, -0.2) is 34.3 Å². The van der Waals surface area contributed by atoms with E-state index in [1.165, 1.54) is 35.2 Å². The van der Waals surface area contributed by atoms with Gasteiger partial charge in [-0.05, 0) is 38.1 Å². The SMILES string of the molecule is CCNc1nnc(S[C@H](C)C(=O)Nc2ccc(OC(F)(F)F)cc2)s1. The van der Waals surface area contributed by atoms with E-state index in [2.05, 4.69) is 25.6 Å². The Morgan fingerprint density at radius 1 is 1.32 bits per heavy atom. The molecule has 0 aliphatic rings. The third-order valence-electron chi connectivity index (χ3n) is 2.74.